The quantitative estimate of drug-likeness (QED) is 0.598. The molecule has 1 atom stereocenters. The van der Waals surface area contributed by atoms with Crippen LogP contribution in [-0.2, 0) is 0 Å². The van der Waals surface area contributed by atoms with E-state index in [1.807, 2.05) is 12.1 Å². The maximum Gasteiger partial charge on any atom is 0.251 e. The van der Waals surface area contributed by atoms with Crippen LogP contribution < -0.4 is 11.1 Å². The smallest absolute Gasteiger partial charge is 0.251 e. The van der Waals surface area contributed by atoms with Gasteiger partial charge >= 0.3 is 0 Å². The molecule has 1 aromatic rings. The molecular formula is C18H26N2O. The summed E-state index contributed by atoms with van der Waals surface area (Å²) in [7, 11) is 0. The van der Waals surface area contributed by atoms with Crippen LogP contribution in [0.15, 0.2) is 24.3 Å². The molecular weight excluding hydrogens is 260 g/mol. The Morgan fingerprint density at radius 3 is 2.57 bits per heavy atom. The van der Waals surface area contributed by atoms with Gasteiger partial charge in [-0.3, -0.25) is 4.79 Å². The number of nitrogens with two attached hydrogens (primary N) is 1. The zero-order valence-electron chi connectivity index (χ0n) is 13.1. The van der Waals surface area contributed by atoms with E-state index in [4.69, 9.17) is 5.73 Å². The van der Waals surface area contributed by atoms with Gasteiger partial charge in [0.2, 0.25) is 0 Å². The second-order valence-corrected chi connectivity index (χ2v) is 5.31. The molecule has 3 heteroatoms. The summed E-state index contributed by atoms with van der Waals surface area (Å²) in [5, 5.41) is 3.04. The molecule has 0 radical (unpaired) electrons. The largest absolute Gasteiger partial charge is 0.350 e. The lowest BCUT2D eigenvalue weighted by atomic mass is 10.1. The van der Waals surface area contributed by atoms with Crippen molar-refractivity contribution in [2.75, 3.05) is 6.54 Å². The molecule has 0 heterocycles. The highest BCUT2D eigenvalue weighted by molar-refractivity contribution is 5.94. The number of hydrogen-bond acceptors (Lipinski definition) is 2. The summed E-state index contributed by atoms with van der Waals surface area (Å²) in [5.74, 6) is 5.72. The van der Waals surface area contributed by atoms with Crippen molar-refractivity contribution in [1.29, 1.82) is 0 Å². The molecule has 21 heavy (non-hydrogen) atoms. The minimum Gasteiger partial charge on any atom is -0.350 e. The molecule has 3 N–H and O–H groups in total. The Kier molecular flexibility index (Phi) is 8.23. The van der Waals surface area contributed by atoms with Crippen molar-refractivity contribution in [3.8, 4) is 11.8 Å². The van der Waals surface area contributed by atoms with Crippen LogP contribution in [-0.4, -0.2) is 18.5 Å². The van der Waals surface area contributed by atoms with Crippen LogP contribution in [0, 0.1) is 11.8 Å². The van der Waals surface area contributed by atoms with Crippen LogP contribution in [0.1, 0.15) is 61.9 Å². The van der Waals surface area contributed by atoms with E-state index in [0.29, 0.717) is 12.1 Å². The summed E-state index contributed by atoms with van der Waals surface area (Å²) in [5.41, 5.74) is 6.88. The average Bonchev–Trinajstić information content (AvgIpc) is 2.50. The van der Waals surface area contributed by atoms with Crippen LogP contribution in [0.3, 0.4) is 0 Å². The first kappa shape index (κ1) is 17.3. The van der Waals surface area contributed by atoms with E-state index < -0.39 is 0 Å². The van der Waals surface area contributed by atoms with Gasteiger partial charge in [-0.15, -0.1) is 0 Å². The molecule has 0 spiro atoms. The third-order valence-electron chi connectivity index (χ3n) is 3.35. The lowest BCUT2D eigenvalue weighted by molar-refractivity contribution is 0.0938. The first-order chi connectivity index (χ1) is 10.2. The standard InChI is InChI=1S/C18H26N2O/c1-3-4-5-6-8-15(2)20-18(21)17-12-10-16(11-13-17)9-7-14-19/h10-13,15H,3-6,8,14,19H2,1-2H3,(H,20,21). The van der Waals surface area contributed by atoms with Gasteiger partial charge in [-0.2, -0.15) is 0 Å². The van der Waals surface area contributed by atoms with Gasteiger partial charge < -0.3 is 11.1 Å². The minimum atomic E-state index is -0.0173. The van der Waals surface area contributed by atoms with Gasteiger partial charge in [0.05, 0.1) is 6.54 Å². The summed E-state index contributed by atoms with van der Waals surface area (Å²) in [6.07, 6.45) is 5.95. The van der Waals surface area contributed by atoms with E-state index in [0.717, 1.165) is 12.0 Å². The maximum atomic E-state index is 12.1. The second-order valence-electron chi connectivity index (χ2n) is 5.31. The summed E-state index contributed by atoms with van der Waals surface area (Å²) in [4.78, 5) is 12.1. The van der Waals surface area contributed by atoms with E-state index in [1.54, 1.807) is 12.1 Å². The highest BCUT2D eigenvalue weighted by atomic mass is 16.1. The second kappa shape index (κ2) is 10.0. The lowest BCUT2D eigenvalue weighted by Gasteiger charge is -2.13. The Morgan fingerprint density at radius 1 is 1.24 bits per heavy atom. The highest BCUT2D eigenvalue weighted by Crippen LogP contribution is 2.07. The molecule has 0 saturated carbocycles. The van der Waals surface area contributed by atoms with Crippen molar-refractivity contribution in [2.45, 2.75) is 52.0 Å². The first-order valence-corrected chi connectivity index (χ1v) is 7.77. The Bertz CT molecular complexity index is 482. The molecule has 0 aliphatic heterocycles. The Balaban J connectivity index is 2.44. The van der Waals surface area contributed by atoms with E-state index in [9.17, 15) is 4.79 Å². The monoisotopic (exact) mass is 286 g/mol. The van der Waals surface area contributed by atoms with Gasteiger partial charge in [-0.25, -0.2) is 0 Å². The molecule has 3 nitrogen and oxygen atoms in total. The van der Waals surface area contributed by atoms with Gasteiger partial charge in [-0.05, 0) is 37.6 Å². The van der Waals surface area contributed by atoms with Gasteiger partial charge in [0.15, 0.2) is 0 Å². The molecule has 1 unspecified atom stereocenters. The van der Waals surface area contributed by atoms with Crippen molar-refractivity contribution < 1.29 is 4.79 Å². The predicted octanol–water partition coefficient (Wildman–Crippen LogP) is 3.09. The summed E-state index contributed by atoms with van der Waals surface area (Å²) < 4.78 is 0. The van der Waals surface area contributed by atoms with Crippen LogP contribution in [0.25, 0.3) is 0 Å². The molecule has 0 aliphatic rings. The predicted molar refractivity (Wildman–Crippen MR) is 88.1 cm³/mol. The van der Waals surface area contributed by atoms with Crippen molar-refractivity contribution >= 4 is 5.91 Å². The normalized spacial score (nSPS) is 11.4. The first-order valence-electron chi connectivity index (χ1n) is 7.77. The van der Waals surface area contributed by atoms with Crippen LogP contribution in [0.4, 0.5) is 0 Å². The number of benzene rings is 1. The van der Waals surface area contributed by atoms with Gasteiger partial charge in [0, 0.05) is 17.2 Å². The molecule has 1 aromatic carbocycles. The van der Waals surface area contributed by atoms with E-state index in [2.05, 4.69) is 31.0 Å². The topological polar surface area (TPSA) is 55.1 Å². The fourth-order valence-corrected chi connectivity index (χ4v) is 2.11. The third-order valence-corrected chi connectivity index (χ3v) is 3.35. The van der Waals surface area contributed by atoms with Gasteiger partial charge in [-0.1, -0.05) is 44.4 Å². The molecule has 1 amide bonds. The minimum absolute atomic E-state index is 0.0173. The zero-order chi connectivity index (χ0) is 15.5. The van der Waals surface area contributed by atoms with Gasteiger partial charge in [0.25, 0.3) is 5.91 Å². The zero-order valence-corrected chi connectivity index (χ0v) is 13.1. The number of unbranched alkanes of at least 4 members (excludes halogenated alkanes) is 3. The molecule has 1 rings (SSSR count). The highest BCUT2D eigenvalue weighted by Gasteiger charge is 2.09. The summed E-state index contributed by atoms with van der Waals surface area (Å²) >= 11 is 0. The summed E-state index contributed by atoms with van der Waals surface area (Å²) in [6, 6.07) is 7.53. The molecule has 0 saturated heterocycles. The van der Waals surface area contributed by atoms with E-state index in [1.165, 1.54) is 25.7 Å². The Labute approximate surface area is 128 Å². The van der Waals surface area contributed by atoms with E-state index in [-0.39, 0.29) is 11.9 Å². The number of amides is 1. The fraction of sp³-hybridized carbons (Fsp3) is 0.500. The molecule has 114 valence electrons. The van der Waals surface area contributed by atoms with Crippen LogP contribution in [0.2, 0.25) is 0 Å². The fourth-order valence-electron chi connectivity index (χ4n) is 2.11. The lowest BCUT2D eigenvalue weighted by Crippen LogP contribution is -2.32. The van der Waals surface area contributed by atoms with Gasteiger partial charge in [0.1, 0.15) is 0 Å². The van der Waals surface area contributed by atoms with E-state index >= 15 is 0 Å². The number of nitrogens with one attached hydrogen (secondary N) is 1. The molecule has 0 fully saturated rings. The Hall–Kier alpha value is -1.79. The average molecular weight is 286 g/mol. The van der Waals surface area contributed by atoms with Crippen LogP contribution >= 0.6 is 0 Å². The molecule has 0 bridgehead atoms. The number of carbonyl (C=O) groups is 1. The van der Waals surface area contributed by atoms with Crippen LogP contribution in [0.5, 0.6) is 0 Å². The number of hydrogen-bond donors (Lipinski definition) is 2. The molecule has 0 aliphatic carbocycles. The van der Waals surface area contributed by atoms with Crippen molar-refractivity contribution in [3.63, 3.8) is 0 Å². The summed E-state index contributed by atoms with van der Waals surface area (Å²) in [6.45, 7) is 4.61. The van der Waals surface area contributed by atoms with Crippen molar-refractivity contribution in [1.82, 2.24) is 5.32 Å². The number of rotatable bonds is 7. The van der Waals surface area contributed by atoms with Crippen molar-refractivity contribution in [2.24, 2.45) is 5.73 Å². The Morgan fingerprint density at radius 2 is 1.95 bits per heavy atom. The number of carbonyl (C=O) groups excluding carboxylic acids is 1. The van der Waals surface area contributed by atoms with Crippen molar-refractivity contribution in [3.05, 3.63) is 35.4 Å². The molecule has 0 aromatic heterocycles. The third kappa shape index (κ3) is 6.97. The maximum absolute atomic E-state index is 12.1. The SMILES string of the molecule is CCCCCCC(C)NC(=O)c1ccc(C#CCN)cc1.